The van der Waals surface area contributed by atoms with E-state index >= 15 is 0 Å². The lowest BCUT2D eigenvalue weighted by molar-refractivity contribution is -0.171. The molecule has 0 N–H and O–H groups in total. The molecule has 8 unspecified atom stereocenters. The molecule has 4 nitrogen and oxygen atoms in total. The van der Waals surface area contributed by atoms with Gasteiger partial charge in [-0.3, -0.25) is 9.59 Å². The number of rotatable bonds is 4. The lowest BCUT2D eigenvalue weighted by Crippen LogP contribution is -2.52. The Bertz CT molecular complexity index is 559. The van der Waals surface area contributed by atoms with Crippen LogP contribution in [0.15, 0.2) is 0 Å². The highest BCUT2D eigenvalue weighted by Gasteiger charge is 2.53. The van der Waals surface area contributed by atoms with Crippen LogP contribution in [0.25, 0.3) is 0 Å². The summed E-state index contributed by atoms with van der Waals surface area (Å²) in [6.45, 7) is 10.8. The standard InChI is InChI=1S/C23H38O4/c1-14-10-18(27-21(25)12-14)6-7-19-16(3)8-9-23(5)13-15(2)11-20(22(19)23)26-17(4)24/h14-16,18-20,22H,6-13H2,1-5H3. The van der Waals surface area contributed by atoms with E-state index in [4.69, 9.17) is 9.47 Å². The number of esters is 2. The molecule has 0 amide bonds. The molecule has 1 aliphatic heterocycles. The third kappa shape index (κ3) is 4.68. The van der Waals surface area contributed by atoms with E-state index in [1.165, 1.54) is 19.3 Å². The first-order valence-electron chi connectivity index (χ1n) is 11.0. The Labute approximate surface area is 164 Å². The maximum absolute atomic E-state index is 11.8. The van der Waals surface area contributed by atoms with E-state index in [2.05, 4.69) is 27.7 Å². The fourth-order valence-electron chi connectivity index (χ4n) is 6.65. The topological polar surface area (TPSA) is 52.6 Å². The molecule has 0 aromatic rings. The van der Waals surface area contributed by atoms with Gasteiger partial charge in [0, 0.05) is 19.3 Å². The summed E-state index contributed by atoms with van der Waals surface area (Å²) in [5.74, 6) is 2.44. The summed E-state index contributed by atoms with van der Waals surface area (Å²) in [7, 11) is 0. The number of ether oxygens (including phenoxy) is 2. The van der Waals surface area contributed by atoms with Gasteiger partial charge in [0.1, 0.15) is 12.2 Å². The first kappa shape index (κ1) is 20.7. The second-order valence-electron chi connectivity index (χ2n) is 10.3. The number of carbonyl (C=O) groups is 2. The molecule has 3 aliphatic rings. The molecule has 0 aromatic heterocycles. The number of carbonyl (C=O) groups excluding carboxylic acids is 2. The van der Waals surface area contributed by atoms with Crippen LogP contribution in [0, 0.1) is 35.0 Å². The Morgan fingerprint density at radius 1 is 1.19 bits per heavy atom. The van der Waals surface area contributed by atoms with Crippen LogP contribution in [0.4, 0.5) is 0 Å². The van der Waals surface area contributed by atoms with Crippen LogP contribution in [0.3, 0.4) is 0 Å². The minimum absolute atomic E-state index is 0.0374. The fourth-order valence-corrected chi connectivity index (χ4v) is 6.65. The van der Waals surface area contributed by atoms with Crippen LogP contribution in [-0.2, 0) is 19.1 Å². The van der Waals surface area contributed by atoms with Crippen LogP contribution in [0.5, 0.6) is 0 Å². The zero-order valence-corrected chi connectivity index (χ0v) is 17.8. The zero-order valence-electron chi connectivity index (χ0n) is 17.8. The fraction of sp³-hybridized carbons (Fsp3) is 0.913. The smallest absolute Gasteiger partial charge is 0.306 e. The van der Waals surface area contributed by atoms with Gasteiger partial charge in [0.15, 0.2) is 0 Å². The Hall–Kier alpha value is -1.06. The predicted octanol–water partition coefficient (Wildman–Crippen LogP) is 5.14. The van der Waals surface area contributed by atoms with Crippen molar-refractivity contribution in [2.75, 3.05) is 0 Å². The molecule has 1 saturated heterocycles. The van der Waals surface area contributed by atoms with E-state index in [0.29, 0.717) is 36.0 Å². The Morgan fingerprint density at radius 3 is 2.59 bits per heavy atom. The summed E-state index contributed by atoms with van der Waals surface area (Å²) in [6, 6.07) is 0. The molecular weight excluding hydrogens is 340 g/mol. The second-order valence-corrected chi connectivity index (χ2v) is 10.3. The van der Waals surface area contributed by atoms with Crippen molar-refractivity contribution < 1.29 is 19.1 Å². The highest BCUT2D eigenvalue weighted by molar-refractivity contribution is 5.70. The lowest BCUT2D eigenvalue weighted by Gasteiger charge is -2.56. The third-order valence-corrected chi connectivity index (χ3v) is 7.64. The van der Waals surface area contributed by atoms with Gasteiger partial charge < -0.3 is 9.47 Å². The third-order valence-electron chi connectivity index (χ3n) is 7.64. The summed E-state index contributed by atoms with van der Waals surface area (Å²) in [4.78, 5) is 23.6. The molecular formula is C23H38O4. The Balaban J connectivity index is 1.74. The van der Waals surface area contributed by atoms with Crippen LogP contribution >= 0.6 is 0 Å². The molecule has 0 spiro atoms. The van der Waals surface area contributed by atoms with Gasteiger partial charge in [0.2, 0.25) is 0 Å². The van der Waals surface area contributed by atoms with Crippen LogP contribution in [0.2, 0.25) is 0 Å². The molecule has 2 aliphatic carbocycles. The number of fused-ring (bicyclic) bond motifs is 1. The molecule has 0 radical (unpaired) electrons. The molecule has 27 heavy (non-hydrogen) atoms. The molecule has 154 valence electrons. The molecule has 2 saturated carbocycles. The normalized spacial score (nSPS) is 44.9. The SMILES string of the molecule is CC(=O)OC1CC(C)CC2(C)CCC(C)C(CCC3CC(C)CC(=O)O3)C12. The van der Waals surface area contributed by atoms with Crippen LogP contribution in [-0.4, -0.2) is 24.1 Å². The minimum atomic E-state index is -0.150. The van der Waals surface area contributed by atoms with Gasteiger partial charge in [0.25, 0.3) is 0 Å². The molecule has 1 heterocycles. The summed E-state index contributed by atoms with van der Waals surface area (Å²) >= 11 is 0. The van der Waals surface area contributed by atoms with Crippen molar-refractivity contribution in [3.63, 3.8) is 0 Å². The Morgan fingerprint density at radius 2 is 1.93 bits per heavy atom. The monoisotopic (exact) mass is 378 g/mol. The van der Waals surface area contributed by atoms with Gasteiger partial charge >= 0.3 is 11.9 Å². The molecule has 3 rings (SSSR count). The van der Waals surface area contributed by atoms with Crippen LogP contribution < -0.4 is 0 Å². The molecule has 3 fully saturated rings. The number of hydrogen-bond donors (Lipinski definition) is 0. The van der Waals surface area contributed by atoms with Gasteiger partial charge in [-0.2, -0.15) is 0 Å². The minimum Gasteiger partial charge on any atom is -0.462 e. The van der Waals surface area contributed by atoms with Gasteiger partial charge in [-0.05, 0) is 74.0 Å². The summed E-state index contributed by atoms with van der Waals surface area (Å²) in [5, 5.41) is 0. The highest BCUT2D eigenvalue weighted by atomic mass is 16.5. The van der Waals surface area contributed by atoms with Crippen molar-refractivity contribution in [3.8, 4) is 0 Å². The van der Waals surface area contributed by atoms with Crippen molar-refractivity contribution >= 4 is 11.9 Å². The Kier molecular flexibility index (Phi) is 6.22. The first-order valence-corrected chi connectivity index (χ1v) is 11.0. The van der Waals surface area contributed by atoms with E-state index in [9.17, 15) is 9.59 Å². The van der Waals surface area contributed by atoms with Crippen molar-refractivity contribution in [2.45, 2.75) is 98.2 Å². The van der Waals surface area contributed by atoms with E-state index in [-0.39, 0.29) is 29.6 Å². The largest absolute Gasteiger partial charge is 0.462 e. The summed E-state index contributed by atoms with van der Waals surface area (Å²) in [5.41, 5.74) is 0.255. The van der Waals surface area contributed by atoms with Crippen molar-refractivity contribution in [1.82, 2.24) is 0 Å². The predicted molar refractivity (Wildman–Crippen MR) is 105 cm³/mol. The van der Waals surface area contributed by atoms with Gasteiger partial charge in [0.05, 0.1) is 0 Å². The molecule has 8 atom stereocenters. The highest BCUT2D eigenvalue weighted by Crippen LogP contribution is 2.57. The van der Waals surface area contributed by atoms with Gasteiger partial charge in [-0.25, -0.2) is 0 Å². The molecule has 0 aromatic carbocycles. The van der Waals surface area contributed by atoms with E-state index in [0.717, 1.165) is 25.7 Å². The van der Waals surface area contributed by atoms with E-state index < -0.39 is 0 Å². The molecule has 4 heteroatoms. The second kappa shape index (κ2) is 8.13. The lowest BCUT2D eigenvalue weighted by atomic mass is 9.51. The van der Waals surface area contributed by atoms with E-state index in [1.54, 1.807) is 6.92 Å². The van der Waals surface area contributed by atoms with Crippen molar-refractivity contribution in [3.05, 3.63) is 0 Å². The van der Waals surface area contributed by atoms with Crippen LogP contribution in [0.1, 0.15) is 86.0 Å². The maximum Gasteiger partial charge on any atom is 0.306 e. The van der Waals surface area contributed by atoms with Crippen molar-refractivity contribution in [1.29, 1.82) is 0 Å². The van der Waals surface area contributed by atoms with Crippen molar-refractivity contribution in [2.24, 2.45) is 35.0 Å². The maximum atomic E-state index is 11.8. The average Bonchev–Trinajstić information content (AvgIpc) is 2.53. The first-order chi connectivity index (χ1) is 12.7. The quantitative estimate of drug-likeness (QED) is 0.636. The van der Waals surface area contributed by atoms with E-state index in [1.807, 2.05) is 0 Å². The average molecular weight is 379 g/mol. The van der Waals surface area contributed by atoms with Gasteiger partial charge in [-0.1, -0.05) is 27.7 Å². The van der Waals surface area contributed by atoms with Gasteiger partial charge in [-0.15, -0.1) is 0 Å². The molecule has 0 bridgehead atoms. The number of cyclic esters (lactones) is 1. The summed E-state index contributed by atoms with van der Waals surface area (Å²) < 4.78 is 11.5. The summed E-state index contributed by atoms with van der Waals surface area (Å²) in [6.07, 6.45) is 8.35. The zero-order chi connectivity index (χ0) is 19.8. The number of hydrogen-bond acceptors (Lipinski definition) is 4.